The van der Waals surface area contributed by atoms with E-state index in [1.807, 2.05) is 30.3 Å². The van der Waals surface area contributed by atoms with E-state index >= 15 is 0 Å². The lowest BCUT2D eigenvalue weighted by atomic mass is 9.81. The predicted octanol–water partition coefficient (Wildman–Crippen LogP) is 3.09. The fraction of sp³-hybridized carbons (Fsp3) is 0.533. The molecular formula is C15H19NO. The minimum absolute atomic E-state index is 0.121. The zero-order valence-electron chi connectivity index (χ0n) is 10.4. The Bertz CT molecular complexity index is 428. The van der Waals surface area contributed by atoms with Crippen LogP contribution >= 0.6 is 0 Å². The Morgan fingerprint density at radius 2 is 2.12 bits per heavy atom. The zero-order valence-corrected chi connectivity index (χ0v) is 10.4. The van der Waals surface area contributed by atoms with Gasteiger partial charge in [-0.1, -0.05) is 24.6 Å². The summed E-state index contributed by atoms with van der Waals surface area (Å²) in [6.45, 7) is 3.22. The Morgan fingerprint density at radius 1 is 1.35 bits per heavy atom. The highest BCUT2D eigenvalue weighted by Crippen LogP contribution is 2.44. The third-order valence-corrected chi connectivity index (χ3v) is 4.41. The van der Waals surface area contributed by atoms with Crippen molar-refractivity contribution in [3.05, 3.63) is 35.9 Å². The smallest absolute Gasteiger partial charge is 0.254 e. The topological polar surface area (TPSA) is 20.3 Å². The van der Waals surface area contributed by atoms with Crippen LogP contribution in [0.25, 0.3) is 0 Å². The molecule has 1 saturated carbocycles. The summed E-state index contributed by atoms with van der Waals surface area (Å²) in [6, 6.07) is 9.69. The van der Waals surface area contributed by atoms with Crippen molar-refractivity contribution < 1.29 is 4.79 Å². The molecular weight excluding hydrogens is 210 g/mol. The number of rotatable bonds is 1. The van der Waals surface area contributed by atoms with Crippen molar-refractivity contribution in [2.45, 2.75) is 38.1 Å². The van der Waals surface area contributed by atoms with E-state index in [4.69, 9.17) is 0 Å². The number of likely N-dealkylation sites (tertiary alicyclic amines) is 1. The molecule has 90 valence electrons. The first-order chi connectivity index (χ1) is 8.19. The van der Waals surface area contributed by atoms with E-state index in [1.54, 1.807) is 0 Å². The summed E-state index contributed by atoms with van der Waals surface area (Å²) < 4.78 is 0. The van der Waals surface area contributed by atoms with E-state index in [-0.39, 0.29) is 11.4 Å². The van der Waals surface area contributed by atoms with Gasteiger partial charge in [0.05, 0.1) is 0 Å². The Hall–Kier alpha value is -1.31. The van der Waals surface area contributed by atoms with Gasteiger partial charge in [-0.05, 0) is 44.2 Å². The van der Waals surface area contributed by atoms with Crippen LogP contribution in [0, 0.1) is 5.92 Å². The highest BCUT2D eigenvalue weighted by Gasteiger charge is 2.46. The van der Waals surface area contributed by atoms with Crippen molar-refractivity contribution in [2.24, 2.45) is 5.92 Å². The van der Waals surface area contributed by atoms with Gasteiger partial charge in [-0.3, -0.25) is 4.79 Å². The summed E-state index contributed by atoms with van der Waals surface area (Å²) in [5.74, 6) is 0.957. The number of carbonyl (C=O) groups is 1. The standard InChI is InChI=1S/C15H19NO/c1-15-9-5-6-12(10-15)11-16(15)14(17)13-7-3-2-4-8-13/h2-4,7-8,12H,5-6,9-11H2,1H3. The molecule has 1 saturated heterocycles. The average Bonchev–Trinajstić information content (AvgIpc) is 2.59. The van der Waals surface area contributed by atoms with Gasteiger partial charge in [-0.15, -0.1) is 0 Å². The van der Waals surface area contributed by atoms with E-state index in [9.17, 15) is 4.79 Å². The van der Waals surface area contributed by atoms with Gasteiger partial charge in [0, 0.05) is 17.6 Å². The quantitative estimate of drug-likeness (QED) is 0.724. The third-order valence-electron chi connectivity index (χ3n) is 4.41. The van der Waals surface area contributed by atoms with E-state index in [2.05, 4.69) is 11.8 Å². The molecule has 1 aliphatic carbocycles. The maximum atomic E-state index is 12.5. The molecule has 1 heterocycles. The molecule has 0 spiro atoms. The van der Waals surface area contributed by atoms with Gasteiger partial charge in [-0.2, -0.15) is 0 Å². The molecule has 3 rings (SSSR count). The molecule has 2 unspecified atom stereocenters. The average molecular weight is 229 g/mol. The first kappa shape index (κ1) is 10.8. The molecule has 0 aromatic heterocycles. The van der Waals surface area contributed by atoms with E-state index in [0.29, 0.717) is 0 Å². The van der Waals surface area contributed by atoms with Gasteiger partial charge in [0.25, 0.3) is 5.91 Å². The first-order valence-electron chi connectivity index (χ1n) is 6.56. The summed E-state index contributed by atoms with van der Waals surface area (Å²) in [6.07, 6.45) is 4.95. The van der Waals surface area contributed by atoms with Crippen molar-refractivity contribution in [3.8, 4) is 0 Å². The minimum Gasteiger partial charge on any atom is -0.333 e. The van der Waals surface area contributed by atoms with Crippen molar-refractivity contribution in [1.29, 1.82) is 0 Å². The Balaban J connectivity index is 1.88. The van der Waals surface area contributed by atoms with Crippen LogP contribution in [0.4, 0.5) is 0 Å². The number of benzene rings is 1. The second kappa shape index (κ2) is 3.86. The van der Waals surface area contributed by atoms with Gasteiger partial charge >= 0.3 is 0 Å². The van der Waals surface area contributed by atoms with Crippen LogP contribution < -0.4 is 0 Å². The molecule has 0 radical (unpaired) electrons. The summed E-state index contributed by atoms with van der Waals surface area (Å²) in [5.41, 5.74) is 0.955. The van der Waals surface area contributed by atoms with E-state index in [0.717, 1.165) is 18.0 Å². The zero-order chi connectivity index (χ0) is 11.9. The third kappa shape index (κ3) is 1.76. The van der Waals surface area contributed by atoms with Gasteiger partial charge in [-0.25, -0.2) is 0 Å². The number of hydrogen-bond acceptors (Lipinski definition) is 1. The Labute approximate surface area is 103 Å². The van der Waals surface area contributed by atoms with Crippen LogP contribution in [-0.4, -0.2) is 22.9 Å². The summed E-state index contributed by atoms with van der Waals surface area (Å²) >= 11 is 0. The highest BCUT2D eigenvalue weighted by molar-refractivity contribution is 5.95. The fourth-order valence-corrected chi connectivity index (χ4v) is 3.54. The molecule has 2 fully saturated rings. The lowest BCUT2D eigenvalue weighted by Gasteiger charge is -2.36. The van der Waals surface area contributed by atoms with E-state index < -0.39 is 0 Å². The number of amides is 1. The second-order valence-electron chi connectivity index (χ2n) is 5.74. The van der Waals surface area contributed by atoms with Crippen molar-refractivity contribution in [1.82, 2.24) is 4.90 Å². The summed E-state index contributed by atoms with van der Waals surface area (Å²) in [7, 11) is 0. The molecule has 2 aliphatic rings. The van der Waals surface area contributed by atoms with Crippen LogP contribution in [0.5, 0.6) is 0 Å². The number of hydrogen-bond donors (Lipinski definition) is 0. The maximum absolute atomic E-state index is 12.5. The Morgan fingerprint density at radius 3 is 2.82 bits per heavy atom. The van der Waals surface area contributed by atoms with Crippen LogP contribution in [0.3, 0.4) is 0 Å². The summed E-state index contributed by atoms with van der Waals surface area (Å²) in [5, 5.41) is 0. The molecule has 17 heavy (non-hydrogen) atoms. The number of fused-ring (bicyclic) bond motifs is 2. The molecule has 1 aromatic rings. The monoisotopic (exact) mass is 229 g/mol. The molecule has 1 aromatic carbocycles. The van der Waals surface area contributed by atoms with Gasteiger partial charge in [0.15, 0.2) is 0 Å². The molecule has 2 atom stereocenters. The Kier molecular flexibility index (Phi) is 2.46. The van der Waals surface area contributed by atoms with Crippen molar-refractivity contribution in [2.75, 3.05) is 6.54 Å². The number of nitrogens with zero attached hydrogens (tertiary/aromatic N) is 1. The number of carbonyl (C=O) groups excluding carboxylic acids is 1. The van der Waals surface area contributed by atoms with Crippen LogP contribution in [-0.2, 0) is 0 Å². The molecule has 1 aliphatic heterocycles. The molecule has 2 heteroatoms. The minimum atomic E-state index is 0.121. The SMILES string of the molecule is CC12CCCC(CN1C(=O)c1ccccc1)C2. The van der Waals surface area contributed by atoms with Crippen LogP contribution in [0.2, 0.25) is 0 Å². The normalized spacial score (nSPS) is 31.6. The van der Waals surface area contributed by atoms with Crippen molar-refractivity contribution in [3.63, 3.8) is 0 Å². The second-order valence-corrected chi connectivity index (χ2v) is 5.74. The van der Waals surface area contributed by atoms with Crippen molar-refractivity contribution >= 4 is 5.91 Å². The van der Waals surface area contributed by atoms with Gasteiger partial charge in [0.2, 0.25) is 0 Å². The lowest BCUT2D eigenvalue weighted by Crippen LogP contribution is -2.44. The highest BCUT2D eigenvalue weighted by atomic mass is 16.2. The lowest BCUT2D eigenvalue weighted by molar-refractivity contribution is 0.0610. The van der Waals surface area contributed by atoms with Crippen LogP contribution in [0.15, 0.2) is 30.3 Å². The fourth-order valence-electron chi connectivity index (χ4n) is 3.54. The van der Waals surface area contributed by atoms with E-state index in [1.165, 1.54) is 25.7 Å². The molecule has 2 nitrogen and oxygen atoms in total. The maximum Gasteiger partial charge on any atom is 0.254 e. The largest absolute Gasteiger partial charge is 0.333 e. The first-order valence-corrected chi connectivity index (χ1v) is 6.56. The molecule has 2 bridgehead atoms. The predicted molar refractivity (Wildman–Crippen MR) is 67.8 cm³/mol. The summed E-state index contributed by atoms with van der Waals surface area (Å²) in [4.78, 5) is 14.6. The molecule has 1 amide bonds. The molecule has 0 N–H and O–H groups in total. The van der Waals surface area contributed by atoms with Gasteiger partial charge in [0.1, 0.15) is 0 Å². The van der Waals surface area contributed by atoms with Crippen LogP contribution in [0.1, 0.15) is 43.0 Å². The van der Waals surface area contributed by atoms with Gasteiger partial charge < -0.3 is 4.90 Å².